The maximum absolute atomic E-state index is 10.6. The summed E-state index contributed by atoms with van der Waals surface area (Å²) < 4.78 is 4.83. The third-order valence-electron chi connectivity index (χ3n) is 1.20. The van der Waals surface area contributed by atoms with Crippen LogP contribution in [0.4, 0.5) is 4.79 Å². The van der Waals surface area contributed by atoms with E-state index >= 15 is 0 Å². The van der Waals surface area contributed by atoms with Crippen molar-refractivity contribution in [3.63, 3.8) is 0 Å². The Morgan fingerprint density at radius 3 is 2.67 bits per heavy atom. The number of hydrazine groups is 1. The van der Waals surface area contributed by atoms with Crippen LogP contribution in [-0.4, -0.2) is 31.4 Å². The van der Waals surface area contributed by atoms with Crippen LogP contribution in [0.1, 0.15) is 0 Å². The lowest BCUT2D eigenvalue weighted by molar-refractivity contribution is 0.00469. The predicted molar refractivity (Wildman–Crippen MR) is 30.2 cm³/mol. The van der Waals surface area contributed by atoms with Gasteiger partial charge in [-0.2, -0.15) is 5.43 Å². The molecule has 9 heavy (non-hydrogen) atoms. The number of methoxy groups -OCH3 is 1. The minimum Gasteiger partial charge on any atom is -0.347 e. The minimum atomic E-state index is -0.336. The van der Waals surface area contributed by atoms with Crippen molar-refractivity contribution < 1.29 is 9.53 Å². The number of carbonyl (C=O) groups excluding carboxylic acids is 1. The van der Waals surface area contributed by atoms with Gasteiger partial charge in [-0.25, -0.2) is 4.79 Å². The molecule has 1 heterocycles. The minimum absolute atomic E-state index is 0.179. The molecule has 0 bridgehead atoms. The molecule has 0 aromatic heterocycles. The van der Waals surface area contributed by atoms with Crippen molar-refractivity contribution in [1.29, 1.82) is 0 Å². The van der Waals surface area contributed by atoms with Gasteiger partial charge in [-0.15, -0.1) is 0 Å². The number of nitrogens with zero attached hydrogens (tertiary/aromatic N) is 1. The molecule has 2 amide bonds. The normalized spacial score (nSPS) is 26.7. The number of hydrogen-bond donors (Lipinski definition) is 2. The molecule has 1 unspecified atom stereocenters. The van der Waals surface area contributed by atoms with Gasteiger partial charge in [0.1, 0.15) is 0 Å². The zero-order valence-electron chi connectivity index (χ0n) is 5.34. The summed E-state index contributed by atoms with van der Waals surface area (Å²) in [5, 5.41) is 0. The standard InChI is InChI=1S/C4H9N3O2/c1-7-3(8)5-6-4(7)9-2/h4,6H,1-2H3,(H,5,8). The fourth-order valence-electron chi connectivity index (χ4n) is 0.632. The molecule has 2 N–H and O–H groups in total. The Hall–Kier alpha value is -0.810. The first-order chi connectivity index (χ1) is 4.25. The average Bonchev–Trinajstić information content (AvgIpc) is 2.15. The maximum atomic E-state index is 10.6. The summed E-state index contributed by atoms with van der Waals surface area (Å²) in [5.74, 6) is 0. The van der Waals surface area contributed by atoms with Gasteiger partial charge in [-0.05, 0) is 0 Å². The first-order valence-electron chi connectivity index (χ1n) is 2.57. The largest absolute Gasteiger partial charge is 0.347 e. The van der Waals surface area contributed by atoms with E-state index in [0.717, 1.165) is 0 Å². The van der Waals surface area contributed by atoms with Crippen LogP contribution < -0.4 is 10.9 Å². The molecule has 1 atom stereocenters. The number of urea groups is 1. The highest BCUT2D eigenvalue weighted by Gasteiger charge is 2.25. The van der Waals surface area contributed by atoms with Crippen LogP contribution in [0.5, 0.6) is 0 Å². The highest BCUT2D eigenvalue weighted by Crippen LogP contribution is 1.97. The molecule has 52 valence electrons. The van der Waals surface area contributed by atoms with Crippen LogP contribution in [0.3, 0.4) is 0 Å². The SMILES string of the molecule is COC1NNC(=O)N1C. The molecule has 1 rings (SSSR count). The van der Waals surface area contributed by atoms with Gasteiger partial charge in [0, 0.05) is 14.2 Å². The fraction of sp³-hybridized carbons (Fsp3) is 0.750. The molecule has 5 heteroatoms. The van der Waals surface area contributed by atoms with Crippen LogP contribution >= 0.6 is 0 Å². The summed E-state index contributed by atoms with van der Waals surface area (Å²) in [5.41, 5.74) is 4.99. The van der Waals surface area contributed by atoms with Crippen molar-refractivity contribution >= 4 is 6.03 Å². The van der Waals surface area contributed by atoms with Crippen molar-refractivity contribution in [3.8, 4) is 0 Å². The number of rotatable bonds is 1. The van der Waals surface area contributed by atoms with E-state index in [2.05, 4.69) is 10.9 Å². The second-order valence-corrected chi connectivity index (χ2v) is 1.77. The number of amides is 2. The van der Waals surface area contributed by atoms with Crippen LogP contribution in [0.2, 0.25) is 0 Å². The zero-order valence-corrected chi connectivity index (χ0v) is 5.34. The van der Waals surface area contributed by atoms with E-state index in [9.17, 15) is 4.79 Å². The van der Waals surface area contributed by atoms with Gasteiger partial charge < -0.3 is 4.74 Å². The number of ether oxygens (including phenoxy) is 1. The smallest absolute Gasteiger partial charge is 0.334 e. The molecule has 0 aromatic rings. The van der Waals surface area contributed by atoms with Gasteiger partial charge in [0.15, 0.2) is 0 Å². The third kappa shape index (κ3) is 0.962. The van der Waals surface area contributed by atoms with Crippen LogP contribution in [0.25, 0.3) is 0 Å². The summed E-state index contributed by atoms with van der Waals surface area (Å²) in [6, 6.07) is -0.179. The molecule has 0 saturated carbocycles. The molecule has 0 radical (unpaired) electrons. The molecule has 0 aliphatic carbocycles. The summed E-state index contributed by atoms with van der Waals surface area (Å²) in [6.45, 7) is 0. The molecule has 0 spiro atoms. The van der Waals surface area contributed by atoms with Crippen molar-refractivity contribution in [2.24, 2.45) is 0 Å². The van der Waals surface area contributed by atoms with E-state index in [1.165, 1.54) is 12.0 Å². The van der Waals surface area contributed by atoms with Crippen LogP contribution in [0, 0.1) is 0 Å². The Bertz CT molecular complexity index is 127. The predicted octanol–water partition coefficient (Wildman–Crippen LogP) is -0.924. The lowest BCUT2D eigenvalue weighted by Gasteiger charge is -2.13. The van der Waals surface area contributed by atoms with Gasteiger partial charge in [0.05, 0.1) is 0 Å². The molecular weight excluding hydrogens is 122 g/mol. The first-order valence-corrected chi connectivity index (χ1v) is 2.57. The van der Waals surface area contributed by atoms with Gasteiger partial charge in [-0.1, -0.05) is 0 Å². The van der Waals surface area contributed by atoms with Gasteiger partial charge >= 0.3 is 6.03 Å². The Balaban J connectivity index is 2.51. The highest BCUT2D eigenvalue weighted by atomic mass is 16.5. The maximum Gasteiger partial charge on any atom is 0.334 e. The molecule has 1 saturated heterocycles. The second-order valence-electron chi connectivity index (χ2n) is 1.77. The summed E-state index contributed by atoms with van der Waals surface area (Å²) in [6.07, 6.45) is -0.336. The van der Waals surface area contributed by atoms with Crippen molar-refractivity contribution in [3.05, 3.63) is 0 Å². The zero-order chi connectivity index (χ0) is 6.85. The van der Waals surface area contributed by atoms with Crippen LogP contribution in [-0.2, 0) is 4.74 Å². The molecule has 5 nitrogen and oxygen atoms in total. The molecule has 1 fully saturated rings. The van der Waals surface area contributed by atoms with Crippen molar-refractivity contribution in [2.75, 3.05) is 14.2 Å². The van der Waals surface area contributed by atoms with E-state index in [4.69, 9.17) is 4.74 Å². The van der Waals surface area contributed by atoms with Gasteiger partial charge in [0.25, 0.3) is 0 Å². The average molecular weight is 131 g/mol. The Kier molecular flexibility index (Phi) is 1.54. The summed E-state index contributed by atoms with van der Waals surface area (Å²) >= 11 is 0. The molecule has 1 aliphatic rings. The Morgan fingerprint density at radius 1 is 1.78 bits per heavy atom. The quantitative estimate of drug-likeness (QED) is 0.483. The number of hydrogen-bond acceptors (Lipinski definition) is 3. The monoisotopic (exact) mass is 131 g/mol. The lowest BCUT2D eigenvalue weighted by atomic mass is 10.8. The highest BCUT2D eigenvalue weighted by molar-refractivity contribution is 5.75. The molecule has 1 aliphatic heterocycles. The number of carbonyl (C=O) groups is 1. The van der Waals surface area contributed by atoms with E-state index in [1.807, 2.05) is 0 Å². The van der Waals surface area contributed by atoms with Crippen molar-refractivity contribution in [1.82, 2.24) is 15.8 Å². The Labute approximate surface area is 52.9 Å². The van der Waals surface area contributed by atoms with Gasteiger partial charge in [0.2, 0.25) is 6.35 Å². The topological polar surface area (TPSA) is 53.6 Å². The summed E-state index contributed by atoms with van der Waals surface area (Å²) in [7, 11) is 3.16. The van der Waals surface area contributed by atoms with E-state index in [-0.39, 0.29) is 12.4 Å². The van der Waals surface area contributed by atoms with E-state index in [0.29, 0.717) is 0 Å². The van der Waals surface area contributed by atoms with Crippen molar-refractivity contribution in [2.45, 2.75) is 6.35 Å². The third-order valence-corrected chi connectivity index (χ3v) is 1.20. The first kappa shape index (κ1) is 6.31. The lowest BCUT2D eigenvalue weighted by Crippen LogP contribution is -2.36. The van der Waals surface area contributed by atoms with Crippen LogP contribution in [0.15, 0.2) is 0 Å². The van der Waals surface area contributed by atoms with Gasteiger partial charge in [-0.3, -0.25) is 10.3 Å². The van der Waals surface area contributed by atoms with E-state index in [1.54, 1.807) is 7.05 Å². The fourth-order valence-corrected chi connectivity index (χ4v) is 0.632. The second kappa shape index (κ2) is 2.20. The Morgan fingerprint density at radius 2 is 2.44 bits per heavy atom. The molecular formula is C4H9N3O2. The van der Waals surface area contributed by atoms with E-state index < -0.39 is 0 Å². The number of nitrogens with one attached hydrogen (secondary N) is 2. The summed E-state index contributed by atoms with van der Waals surface area (Å²) in [4.78, 5) is 12.0. The molecule has 0 aromatic carbocycles.